The Kier molecular flexibility index (Phi) is 4.16. The second-order valence-electron chi connectivity index (χ2n) is 5.98. The molecular formula is C19H18N2O3. The van der Waals surface area contributed by atoms with Gasteiger partial charge >= 0.3 is 0 Å². The van der Waals surface area contributed by atoms with Gasteiger partial charge in [-0.05, 0) is 29.8 Å². The van der Waals surface area contributed by atoms with Crippen LogP contribution in [-0.2, 0) is 9.59 Å². The molecule has 0 spiro atoms. The van der Waals surface area contributed by atoms with Gasteiger partial charge < -0.3 is 5.11 Å². The van der Waals surface area contributed by atoms with Gasteiger partial charge in [0.15, 0.2) is 11.5 Å². The summed E-state index contributed by atoms with van der Waals surface area (Å²) in [6.45, 7) is 3.50. The number of rotatable bonds is 4. The number of benzene rings is 1. The summed E-state index contributed by atoms with van der Waals surface area (Å²) < 4.78 is 0. The van der Waals surface area contributed by atoms with Gasteiger partial charge in [0.2, 0.25) is 0 Å². The van der Waals surface area contributed by atoms with E-state index in [1.165, 1.54) is 4.90 Å². The topological polar surface area (TPSA) is 70.5 Å². The number of nitrogens with zero attached hydrogens (tertiary/aromatic N) is 2. The Morgan fingerprint density at radius 2 is 1.75 bits per heavy atom. The van der Waals surface area contributed by atoms with Crippen LogP contribution in [0.15, 0.2) is 66.2 Å². The zero-order chi connectivity index (χ0) is 17.3. The van der Waals surface area contributed by atoms with Crippen LogP contribution in [0.4, 0.5) is 5.69 Å². The van der Waals surface area contributed by atoms with Crippen LogP contribution in [0, 0.1) is 5.92 Å². The first-order valence-electron chi connectivity index (χ1n) is 7.78. The minimum absolute atomic E-state index is 0.144. The van der Waals surface area contributed by atoms with Gasteiger partial charge in [0.25, 0.3) is 5.91 Å². The Morgan fingerprint density at radius 1 is 1.12 bits per heavy atom. The quantitative estimate of drug-likeness (QED) is 0.938. The number of hydrogen-bond donors (Lipinski definition) is 1. The Balaban J connectivity index is 2.18. The molecule has 0 fully saturated rings. The van der Waals surface area contributed by atoms with Crippen LogP contribution in [0.5, 0.6) is 0 Å². The lowest BCUT2D eigenvalue weighted by Gasteiger charge is -2.27. The molecule has 1 atom stereocenters. The lowest BCUT2D eigenvalue weighted by molar-refractivity contribution is -0.119. The fraction of sp³-hybridized carbons (Fsp3) is 0.211. The lowest BCUT2D eigenvalue weighted by Crippen LogP contribution is -2.31. The molecular weight excluding hydrogens is 304 g/mol. The summed E-state index contributed by atoms with van der Waals surface area (Å²) in [7, 11) is 0. The summed E-state index contributed by atoms with van der Waals surface area (Å²) in [6, 6.07) is 11.9. The molecule has 0 saturated carbocycles. The molecule has 2 aromatic rings. The third-order valence-corrected chi connectivity index (χ3v) is 4.05. The number of para-hydroxylation sites is 1. The maximum absolute atomic E-state index is 12.7. The molecule has 122 valence electrons. The second kappa shape index (κ2) is 6.28. The summed E-state index contributed by atoms with van der Waals surface area (Å²) in [5.74, 6) is -1.59. The highest BCUT2D eigenvalue weighted by molar-refractivity contribution is 6.16. The predicted molar refractivity (Wildman–Crippen MR) is 90.4 cm³/mol. The molecule has 0 aliphatic carbocycles. The van der Waals surface area contributed by atoms with Gasteiger partial charge in [0.05, 0.1) is 11.6 Å². The number of carbonyl (C=O) groups is 2. The van der Waals surface area contributed by atoms with Crippen LogP contribution in [0.2, 0.25) is 0 Å². The summed E-state index contributed by atoms with van der Waals surface area (Å²) >= 11 is 0. The Hall–Kier alpha value is -2.95. The lowest BCUT2D eigenvalue weighted by atomic mass is 9.91. The molecule has 0 radical (unpaired) electrons. The molecule has 1 aliphatic rings. The third-order valence-electron chi connectivity index (χ3n) is 4.05. The maximum atomic E-state index is 12.7. The molecule has 3 rings (SSSR count). The Labute approximate surface area is 140 Å². The molecule has 5 heteroatoms. The van der Waals surface area contributed by atoms with Crippen LogP contribution in [0.1, 0.15) is 25.5 Å². The number of carbonyl (C=O) groups excluding carboxylic acids is 2. The van der Waals surface area contributed by atoms with E-state index in [1.807, 2.05) is 18.2 Å². The zero-order valence-corrected chi connectivity index (χ0v) is 13.5. The average Bonchev–Trinajstić information content (AvgIpc) is 2.87. The number of aliphatic hydroxyl groups is 1. The van der Waals surface area contributed by atoms with E-state index in [0.29, 0.717) is 5.69 Å². The monoisotopic (exact) mass is 322 g/mol. The number of Topliss-reactive ketones (excluding diaryl/α,β-unsaturated/α-hetero) is 1. The number of hydrogen-bond acceptors (Lipinski definition) is 4. The zero-order valence-electron chi connectivity index (χ0n) is 13.5. The number of pyridine rings is 1. The van der Waals surface area contributed by atoms with Gasteiger partial charge in [-0.2, -0.15) is 0 Å². The molecule has 1 aromatic carbocycles. The SMILES string of the molecule is CC(C)C(=O)C1=C(O)C(=O)N(c2ccccc2)C1c1ccncc1. The maximum Gasteiger partial charge on any atom is 0.294 e. The van der Waals surface area contributed by atoms with Crippen molar-refractivity contribution in [3.63, 3.8) is 0 Å². The normalized spacial score (nSPS) is 17.7. The van der Waals surface area contributed by atoms with E-state index in [2.05, 4.69) is 4.98 Å². The van der Waals surface area contributed by atoms with Gasteiger partial charge in [-0.25, -0.2) is 0 Å². The van der Waals surface area contributed by atoms with Crippen molar-refractivity contribution < 1.29 is 14.7 Å². The predicted octanol–water partition coefficient (Wildman–Crippen LogP) is 3.21. The van der Waals surface area contributed by atoms with Crippen LogP contribution in [-0.4, -0.2) is 21.8 Å². The number of amides is 1. The first kappa shape index (κ1) is 15.9. The molecule has 1 amide bonds. The molecule has 1 unspecified atom stereocenters. The largest absolute Gasteiger partial charge is 0.503 e. The van der Waals surface area contributed by atoms with E-state index < -0.39 is 17.7 Å². The van der Waals surface area contributed by atoms with Crippen molar-refractivity contribution in [2.24, 2.45) is 5.92 Å². The Morgan fingerprint density at radius 3 is 2.33 bits per heavy atom. The minimum Gasteiger partial charge on any atom is -0.503 e. The standard InChI is InChI=1S/C19H18N2O3/c1-12(2)17(22)15-16(13-8-10-20-11-9-13)21(19(24)18(15)23)14-6-4-3-5-7-14/h3-12,16,23H,1-2H3. The highest BCUT2D eigenvalue weighted by atomic mass is 16.3. The molecule has 0 saturated heterocycles. The molecule has 0 bridgehead atoms. The van der Waals surface area contributed by atoms with Gasteiger partial charge in [0.1, 0.15) is 0 Å². The van der Waals surface area contributed by atoms with Crippen LogP contribution in [0.3, 0.4) is 0 Å². The van der Waals surface area contributed by atoms with E-state index in [9.17, 15) is 14.7 Å². The number of anilines is 1. The molecule has 24 heavy (non-hydrogen) atoms. The highest BCUT2D eigenvalue weighted by Crippen LogP contribution is 2.41. The number of aliphatic hydroxyl groups excluding tert-OH is 1. The van der Waals surface area contributed by atoms with Crippen molar-refractivity contribution in [2.45, 2.75) is 19.9 Å². The van der Waals surface area contributed by atoms with E-state index in [4.69, 9.17) is 0 Å². The average molecular weight is 322 g/mol. The summed E-state index contributed by atoms with van der Waals surface area (Å²) in [5, 5.41) is 10.4. The van der Waals surface area contributed by atoms with Crippen LogP contribution < -0.4 is 4.90 Å². The summed E-state index contributed by atoms with van der Waals surface area (Å²) in [5.41, 5.74) is 1.50. The van der Waals surface area contributed by atoms with Crippen molar-refractivity contribution >= 4 is 17.4 Å². The van der Waals surface area contributed by atoms with E-state index in [0.717, 1.165) is 5.56 Å². The van der Waals surface area contributed by atoms with Crippen LogP contribution >= 0.6 is 0 Å². The summed E-state index contributed by atoms with van der Waals surface area (Å²) in [6.07, 6.45) is 3.21. The van der Waals surface area contributed by atoms with E-state index in [-0.39, 0.29) is 17.3 Å². The van der Waals surface area contributed by atoms with Gasteiger partial charge in [0, 0.05) is 24.0 Å². The van der Waals surface area contributed by atoms with Crippen LogP contribution in [0.25, 0.3) is 0 Å². The third kappa shape index (κ3) is 2.58. The van der Waals surface area contributed by atoms with Crippen molar-refractivity contribution in [2.75, 3.05) is 4.90 Å². The fourth-order valence-electron chi connectivity index (χ4n) is 2.88. The number of aromatic nitrogens is 1. The molecule has 2 heterocycles. The van der Waals surface area contributed by atoms with Crippen molar-refractivity contribution in [3.8, 4) is 0 Å². The van der Waals surface area contributed by atoms with Crippen molar-refractivity contribution in [1.82, 2.24) is 4.98 Å². The van der Waals surface area contributed by atoms with E-state index in [1.54, 1.807) is 50.5 Å². The first-order valence-corrected chi connectivity index (χ1v) is 7.78. The smallest absolute Gasteiger partial charge is 0.294 e. The fourth-order valence-corrected chi connectivity index (χ4v) is 2.88. The number of ketones is 1. The van der Waals surface area contributed by atoms with Crippen molar-refractivity contribution in [1.29, 1.82) is 0 Å². The Bertz CT molecular complexity index is 798. The highest BCUT2D eigenvalue weighted by Gasteiger charge is 2.44. The minimum atomic E-state index is -0.655. The molecule has 1 aliphatic heterocycles. The first-order chi connectivity index (χ1) is 11.5. The second-order valence-corrected chi connectivity index (χ2v) is 5.98. The molecule has 1 N–H and O–H groups in total. The molecule has 5 nitrogen and oxygen atoms in total. The van der Waals surface area contributed by atoms with Gasteiger partial charge in [-0.15, -0.1) is 0 Å². The van der Waals surface area contributed by atoms with E-state index >= 15 is 0 Å². The molecule has 1 aromatic heterocycles. The van der Waals surface area contributed by atoms with Gasteiger partial charge in [-0.1, -0.05) is 32.0 Å². The van der Waals surface area contributed by atoms with Gasteiger partial charge in [-0.3, -0.25) is 19.5 Å². The summed E-state index contributed by atoms with van der Waals surface area (Å²) in [4.78, 5) is 30.8. The van der Waals surface area contributed by atoms with Crippen molar-refractivity contribution in [3.05, 3.63) is 71.8 Å².